The summed E-state index contributed by atoms with van der Waals surface area (Å²) in [6.45, 7) is 0. The van der Waals surface area contributed by atoms with E-state index >= 15 is 0 Å². The third kappa shape index (κ3) is 1.92. The summed E-state index contributed by atoms with van der Waals surface area (Å²) in [5.74, 6) is 0.437. The number of halogens is 2. The lowest BCUT2D eigenvalue weighted by atomic mass is 10.2. The van der Waals surface area contributed by atoms with Crippen molar-refractivity contribution in [3.63, 3.8) is 0 Å². The first-order chi connectivity index (χ1) is 8.63. The smallest absolute Gasteiger partial charge is 0.229 e. The number of rotatable bonds is 1. The van der Waals surface area contributed by atoms with Gasteiger partial charge >= 0.3 is 0 Å². The first-order valence-electron chi connectivity index (χ1n) is 5.25. The average Bonchev–Trinajstić information content (AvgIpc) is 2.74. The van der Waals surface area contributed by atoms with Crippen LogP contribution in [0.4, 0.5) is 5.69 Å². The van der Waals surface area contributed by atoms with Gasteiger partial charge in [-0.1, -0.05) is 23.2 Å². The highest BCUT2D eigenvalue weighted by Crippen LogP contribution is 2.31. The summed E-state index contributed by atoms with van der Waals surface area (Å²) in [6.07, 6.45) is 0. The summed E-state index contributed by atoms with van der Waals surface area (Å²) in [5, 5.41) is 1.20. The minimum atomic E-state index is 0.437. The summed E-state index contributed by atoms with van der Waals surface area (Å²) in [5.41, 5.74) is 8.48. The highest BCUT2D eigenvalue weighted by Gasteiger charge is 2.11. The van der Waals surface area contributed by atoms with E-state index in [9.17, 15) is 0 Å². The van der Waals surface area contributed by atoms with Crippen molar-refractivity contribution in [1.29, 1.82) is 0 Å². The summed E-state index contributed by atoms with van der Waals surface area (Å²) in [7, 11) is 0. The molecule has 2 aromatic carbocycles. The van der Waals surface area contributed by atoms with Crippen LogP contribution >= 0.6 is 23.2 Å². The number of nitrogens with two attached hydrogens (primary N) is 1. The van der Waals surface area contributed by atoms with Crippen molar-refractivity contribution < 1.29 is 4.42 Å². The number of aromatic nitrogens is 1. The Kier molecular flexibility index (Phi) is 2.65. The van der Waals surface area contributed by atoms with Gasteiger partial charge in [-0.25, -0.2) is 4.98 Å². The van der Waals surface area contributed by atoms with Crippen molar-refractivity contribution in [2.75, 3.05) is 5.73 Å². The molecule has 0 radical (unpaired) electrons. The average molecular weight is 279 g/mol. The highest BCUT2D eigenvalue weighted by atomic mass is 35.5. The van der Waals surface area contributed by atoms with Gasteiger partial charge in [0.2, 0.25) is 5.89 Å². The number of hydrogen-bond acceptors (Lipinski definition) is 3. The monoisotopic (exact) mass is 278 g/mol. The second-order valence-electron chi connectivity index (χ2n) is 3.86. The number of anilines is 1. The zero-order valence-electron chi connectivity index (χ0n) is 9.15. The van der Waals surface area contributed by atoms with Gasteiger partial charge in [0.05, 0.1) is 5.56 Å². The Bertz CT molecular complexity index is 737. The van der Waals surface area contributed by atoms with E-state index in [0.717, 1.165) is 0 Å². The van der Waals surface area contributed by atoms with Crippen LogP contribution in [0.3, 0.4) is 0 Å². The van der Waals surface area contributed by atoms with E-state index in [4.69, 9.17) is 33.4 Å². The van der Waals surface area contributed by atoms with Crippen LogP contribution < -0.4 is 5.73 Å². The van der Waals surface area contributed by atoms with E-state index < -0.39 is 0 Å². The van der Waals surface area contributed by atoms with Crippen LogP contribution in [0.25, 0.3) is 22.6 Å². The SMILES string of the molecule is Nc1ccc(Cl)cc1-c1nc2cc(Cl)ccc2o1. The normalized spacial score (nSPS) is 11.0. The maximum Gasteiger partial charge on any atom is 0.229 e. The molecule has 18 heavy (non-hydrogen) atoms. The van der Waals surface area contributed by atoms with Crippen LogP contribution in [0.2, 0.25) is 10.0 Å². The van der Waals surface area contributed by atoms with E-state index in [0.29, 0.717) is 38.3 Å². The van der Waals surface area contributed by atoms with Crippen molar-refractivity contribution in [3.8, 4) is 11.5 Å². The molecule has 1 aromatic heterocycles. The zero-order valence-corrected chi connectivity index (χ0v) is 10.7. The van der Waals surface area contributed by atoms with Crippen LogP contribution in [-0.2, 0) is 0 Å². The van der Waals surface area contributed by atoms with Crippen molar-refractivity contribution in [2.45, 2.75) is 0 Å². The molecule has 0 unspecified atom stereocenters. The first-order valence-corrected chi connectivity index (χ1v) is 6.00. The minimum absolute atomic E-state index is 0.437. The molecule has 3 aromatic rings. The van der Waals surface area contributed by atoms with E-state index in [1.165, 1.54) is 0 Å². The van der Waals surface area contributed by atoms with Gasteiger partial charge in [-0.3, -0.25) is 0 Å². The van der Waals surface area contributed by atoms with E-state index in [1.54, 1.807) is 36.4 Å². The predicted molar refractivity (Wildman–Crippen MR) is 73.9 cm³/mol. The van der Waals surface area contributed by atoms with Crippen LogP contribution in [-0.4, -0.2) is 4.98 Å². The van der Waals surface area contributed by atoms with Crippen molar-refractivity contribution in [2.24, 2.45) is 0 Å². The molecule has 0 atom stereocenters. The van der Waals surface area contributed by atoms with Gasteiger partial charge in [0, 0.05) is 15.7 Å². The standard InChI is InChI=1S/C13H8Cl2N2O/c14-7-1-3-10(16)9(5-7)13-17-11-6-8(15)2-4-12(11)18-13/h1-6H,16H2. The first kappa shape index (κ1) is 11.4. The quantitative estimate of drug-likeness (QED) is 0.672. The molecule has 0 bridgehead atoms. The fourth-order valence-corrected chi connectivity index (χ4v) is 2.07. The lowest BCUT2D eigenvalue weighted by Crippen LogP contribution is -1.89. The molecule has 3 rings (SSSR count). The van der Waals surface area contributed by atoms with Crippen LogP contribution in [0, 0.1) is 0 Å². The number of hydrogen-bond donors (Lipinski definition) is 1. The Labute approximate surface area is 113 Å². The third-order valence-electron chi connectivity index (χ3n) is 2.60. The fourth-order valence-electron chi connectivity index (χ4n) is 1.73. The zero-order chi connectivity index (χ0) is 12.7. The number of fused-ring (bicyclic) bond motifs is 1. The van der Waals surface area contributed by atoms with Crippen LogP contribution in [0.1, 0.15) is 0 Å². The lowest BCUT2D eigenvalue weighted by molar-refractivity contribution is 0.620. The molecule has 0 spiro atoms. The largest absolute Gasteiger partial charge is 0.436 e. The molecule has 90 valence electrons. The Morgan fingerprint density at radius 1 is 1.00 bits per heavy atom. The fraction of sp³-hybridized carbons (Fsp3) is 0. The van der Waals surface area contributed by atoms with Crippen LogP contribution in [0.5, 0.6) is 0 Å². The predicted octanol–water partition coefficient (Wildman–Crippen LogP) is 4.38. The number of oxazole rings is 1. The van der Waals surface area contributed by atoms with Crippen molar-refractivity contribution >= 4 is 40.0 Å². The molecule has 0 amide bonds. The third-order valence-corrected chi connectivity index (χ3v) is 3.07. The van der Waals surface area contributed by atoms with Crippen LogP contribution in [0.15, 0.2) is 40.8 Å². The van der Waals surface area contributed by atoms with Gasteiger partial charge in [-0.15, -0.1) is 0 Å². The number of nitrogen functional groups attached to an aromatic ring is 1. The molecule has 0 saturated heterocycles. The molecule has 0 aliphatic heterocycles. The molecule has 0 aliphatic rings. The topological polar surface area (TPSA) is 52.0 Å². The summed E-state index contributed by atoms with van der Waals surface area (Å²) in [6, 6.07) is 10.4. The summed E-state index contributed by atoms with van der Waals surface area (Å²) in [4.78, 5) is 4.36. The molecule has 5 heteroatoms. The van der Waals surface area contributed by atoms with Crippen molar-refractivity contribution in [1.82, 2.24) is 4.98 Å². The molecular weight excluding hydrogens is 271 g/mol. The summed E-state index contributed by atoms with van der Waals surface area (Å²) < 4.78 is 5.64. The van der Waals surface area contributed by atoms with E-state index in [2.05, 4.69) is 4.98 Å². The Balaban J connectivity index is 2.22. The highest BCUT2D eigenvalue weighted by molar-refractivity contribution is 6.31. The van der Waals surface area contributed by atoms with Gasteiger partial charge in [0.15, 0.2) is 5.58 Å². The van der Waals surface area contributed by atoms with Gasteiger partial charge < -0.3 is 10.2 Å². The molecule has 1 heterocycles. The van der Waals surface area contributed by atoms with Gasteiger partial charge in [-0.05, 0) is 36.4 Å². The molecule has 0 saturated carbocycles. The lowest BCUT2D eigenvalue weighted by Gasteiger charge is -2.00. The second-order valence-corrected chi connectivity index (χ2v) is 4.74. The number of benzene rings is 2. The maximum absolute atomic E-state index is 5.94. The molecular formula is C13H8Cl2N2O. The molecule has 0 aliphatic carbocycles. The Morgan fingerprint density at radius 2 is 1.72 bits per heavy atom. The van der Waals surface area contributed by atoms with Gasteiger partial charge in [0.25, 0.3) is 0 Å². The Morgan fingerprint density at radius 3 is 2.56 bits per heavy atom. The van der Waals surface area contributed by atoms with Gasteiger partial charge in [0.1, 0.15) is 5.52 Å². The molecule has 2 N–H and O–H groups in total. The van der Waals surface area contributed by atoms with Crippen molar-refractivity contribution in [3.05, 3.63) is 46.4 Å². The Hall–Kier alpha value is -1.71. The van der Waals surface area contributed by atoms with E-state index in [1.807, 2.05) is 0 Å². The second kappa shape index (κ2) is 4.19. The van der Waals surface area contributed by atoms with E-state index in [-0.39, 0.29) is 0 Å². The minimum Gasteiger partial charge on any atom is -0.436 e. The summed E-state index contributed by atoms with van der Waals surface area (Å²) >= 11 is 11.8. The van der Waals surface area contributed by atoms with Gasteiger partial charge in [-0.2, -0.15) is 0 Å². The molecule has 0 fully saturated rings. The number of nitrogens with zero attached hydrogens (tertiary/aromatic N) is 1. The maximum atomic E-state index is 5.94. The molecule has 3 nitrogen and oxygen atoms in total.